The number of hydrogen-bond donors (Lipinski definition) is 1. The van der Waals surface area contributed by atoms with Crippen molar-refractivity contribution in [3.8, 4) is 5.88 Å². The summed E-state index contributed by atoms with van der Waals surface area (Å²) in [5.74, 6) is 0.558. The lowest BCUT2D eigenvalue weighted by Gasteiger charge is -2.03. The van der Waals surface area contributed by atoms with E-state index in [1.807, 2.05) is 42.5 Å². The van der Waals surface area contributed by atoms with Crippen LogP contribution in [-0.2, 0) is 6.54 Å². The van der Waals surface area contributed by atoms with Crippen LogP contribution in [-0.4, -0.2) is 22.8 Å². The minimum absolute atomic E-state index is 0.489. The number of rotatable bonds is 7. The van der Waals surface area contributed by atoms with Gasteiger partial charge in [0.15, 0.2) is 0 Å². The summed E-state index contributed by atoms with van der Waals surface area (Å²) in [6.07, 6.45) is 6.56. The van der Waals surface area contributed by atoms with Crippen LogP contribution in [0.3, 0.4) is 0 Å². The Morgan fingerprint density at radius 1 is 1.10 bits per heavy atom. The van der Waals surface area contributed by atoms with E-state index in [-0.39, 0.29) is 0 Å². The molecule has 1 aliphatic carbocycles. The Balaban J connectivity index is 1.43. The third-order valence-corrected chi connectivity index (χ3v) is 3.28. The predicted molar refractivity (Wildman–Crippen MR) is 82.9 cm³/mol. The van der Waals surface area contributed by atoms with Crippen LogP contribution in [0.2, 0.25) is 0 Å². The van der Waals surface area contributed by atoms with E-state index in [0.29, 0.717) is 18.5 Å². The van der Waals surface area contributed by atoms with Gasteiger partial charge in [0.25, 0.3) is 0 Å². The molecule has 21 heavy (non-hydrogen) atoms. The Morgan fingerprint density at radius 3 is 2.67 bits per heavy atom. The van der Waals surface area contributed by atoms with Crippen LogP contribution in [0, 0.1) is 0 Å². The molecule has 0 amide bonds. The molecule has 3 rings (SSSR count). The first-order valence-electron chi connectivity index (χ1n) is 7.30. The maximum absolute atomic E-state index is 5.54. The molecule has 1 N–H and O–H groups in total. The van der Waals surface area contributed by atoms with Crippen molar-refractivity contribution in [1.29, 1.82) is 0 Å². The molecule has 4 nitrogen and oxygen atoms in total. The Bertz CT molecular complexity index is 577. The molecule has 2 aromatic rings. The summed E-state index contributed by atoms with van der Waals surface area (Å²) in [5.41, 5.74) is 2.11. The largest absolute Gasteiger partial charge is 0.472 e. The Morgan fingerprint density at radius 2 is 1.95 bits per heavy atom. The second kappa shape index (κ2) is 6.99. The van der Waals surface area contributed by atoms with Crippen molar-refractivity contribution in [2.75, 3.05) is 6.61 Å². The number of aromatic nitrogens is 2. The highest BCUT2D eigenvalue weighted by atomic mass is 16.5. The highest BCUT2D eigenvalue weighted by molar-refractivity contribution is 5.48. The maximum Gasteiger partial charge on any atom is 0.233 e. The van der Waals surface area contributed by atoms with Crippen molar-refractivity contribution < 1.29 is 4.74 Å². The van der Waals surface area contributed by atoms with Crippen molar-refractivity contribution in [3.63, 3.8) is 0 Å². The van der Waals surface area contributed by atoms with Gasteiger partial charge < -0.3 is 10.1 Å². The molecule has 0 spiro atoms. The van der Waals surface area contributed by atoms with Crippen molar-refractivity contribution in [2.45, 2.75) is 25.4 Å². The summed E-state index contributed by atoms with van der Waals surface area (Å²) in [6.45, 7) is 1.27. The molecule has 0 saturated heterocycles. The number of ether oxygens (including phenoxy) is 1. The molecule has 1 aromatic carbocycles. The van der Waals surface area contributed by atoms with E-state index in [9.17, 15) is 0 Å². The topological polar surface area (TPSA) is 47.0 Å². The predicted octanol–water partition coefficient (Wildman–Crippen LogP) is 2.82. The smallest absolute Gasteiger partial charge is 0.233 e. The van der Waals surface area contributed by atoms with Crippen LogP contribution in [0.25, 0.3) is 6.08 Å². The fourth-order valence-corrected chi connectivity index (χ4v) is 1.94. The fourth-order valence-electron chi connectivity index (χ4n) is 1.94. The van der Waals surface area contributed by atoms with Gasteiger partial charge in [-0.3, -0.25) is 0 Å². The summed E-state index contributed by atoms with van der Waals surface area (Å²) in [5, 5.41) is 11.6. The van der Waals surface area contributed by atoms with Gasteiger partial charge >= 0.3 is 0 Å². The Hall–Kier alpha value is -2.20. The average molecular weight is 281 g/mol. The Kier molecular flexibility index (Phi) is 4.59. The molecular formula is C17H19N3O. The zero-order valence-electron chi connectivity index (χ0n) is 11.9. The molecule has 1 aromatic heterocycles. The highest BCUT2D eigenvalue weighted by Gasteiger charge is 2.20. The second-order valence-electron chi connectivity index (χ2n) is 5.14. The molecule has 1 saturated carbocycles. The van der Waals surface area contributed by atoms with E-state index in [1.165, 1.54) is 12.8 Å². The zero-order valence-corrected chi connectivity index (χ0v) is 11.9. The Labute approximate surface area is 124 Å². The molecule has 0 atom stereocenters. The summed E-state index contributed by atoms with van der Waals surface area (Å²) < 4.78 is 5.54. The second-order valence-corrected chi connectivity index (χ2v) is 5.14. The first-order valence-corrected chi connectivity index (χ1v) is 7.30. The van der Waals surface area contributed by atoms with Crippen LogP contribution in [0.5, 0.6) is 5.88 Å². The van der Waals surface area contributed by atoms with E-state index < -0.39 is 0 Å². The van der Waals surface area contributed by atoms with Gasteiger partial charge in [0.2, 0.25) is 5.88 Å². The number of nitrogens with zero attached hydrogens (tertiary/aromatic N) is 2. The standard InChI is InChI=1S/C17H19N3O/c1-2-5-14(6-3-1)7-4-12-21-17-11-10-16(19-20-17)13-18-15-8-9-15/h1-7,10-11,15,18H,8-9,12-13H2. The van der Waals surface area contributed by atoms with E-state index >= 15 is 0 Å². The van der Waals surface area contributed by atoms with Gasteiger partial charge in [0.1, 0.15) is 6.61 Å². The SMILES string of the molecule is C(=Cc1ccccc1)COc1ccc(CNC2CC2)nn1. The van der Waals surface area contributed by atoms with E-state index in [0.717, 1.165) is 17.8 Å². The quantitative estimate of drug-likeness (QED) is 0.847. The molecule has 1 aliphatic rings. The first kappa shape index (κ1) is 13.8. The minimum Gasteiger partial charge on any atom is -0.472 e. The van der Waals surface area contributed by atoms with Crippen molar-refractivity contribution in [3.05, 3.63) is 59.8 Å². The van der Waals surface area contributed by atoms with Crippen molar-refractivity contribution in [1.82, 2.24) is 15.5 Å². The average Bonchev–Trinajstić information content (AvgIpc) is 3.36. The van der Waals surface area contributed by atoms with Gasteiger partial charge in [-0.1, -0.05) is 36.4 Å². The lowest BCUT2D eigenvalue weighted by molar-refractivity contribution is 0.343. The van der Waals surface area contributed by atoms with Gasteiger partial charge in [0, 0.05) is 18.7 Å². The van der Waals surface area contributed by atoms with Crippen LogP contribution in [0.15, 0.2) is 48.5 Å². The summed E-state index contributed by atoms with van der Waals surface area (Å²) in [6, 6.07) is 14.6. The lowest BCUT2D eigenvalue weighted by Crippen LogP contribution is -2.16. The zero-order chi connectivity index (χ0) is 14.3. The maximum atomic E-state index is 5.54. The molecule has 0 unspecified atom stereocenters. The third kappa shape index (κ3) is 4.68. The molecule has 0 radical (unpaired) electrons. The van der Waals surface area contributed by atoms with Crippen molar-refractivity contribution >= 4 is 6.08 Å². The monoisotopic (exact) mass is 281 g/mol. The van der Waals surface area contributed by atoms with Gasteiger partial charge in [-0.15, -0.1) is 5.10 Å². The summed E-state index contributed by atoms with van der Waals surface area (Å²) in [7, 11) is 0. The number of benzene rings is 1. The summed E-state index contributed by atoms with van der Waals surface area (Å²) in [4.78, 5) is 0. The van der Waals surface area contributed by atoms with Crippen LogP contribution in [0.4, 0.5) is 0 Å². The molecule has 108 valence electrons. The van der Waals surface area contributed by atoms with Gasteiger partial charge in [-0.2, -0.15) is 5.10 Å². The highest BCUT2D eigenvalue weighted by Crippen LogP contribution is 2.19. The molecule has 1 fully saturated rings. The molecule has 1 heterocycles. The molecule has 4 heteroatoms. The van der Waals surface area contributed by atoms with E-state index in [4.69, 9.17) is 4.74 Å². The van der Waals surface area contributed by atoms with E-state index in [2.05, 4.69) is 27.6 Å². The van der Waals surface area contributed by atoms with E-state index in [1.54, 1.807) is 0 Å². The summed E-state index contributed by atoms with van der Waals surface area (Å²) >= 11 is 0. The molecule has 0 aliphatic heterocycles. The van der Waals surface area contributed by atoms with Crippen LogP contribution >= 0.6 is 0 Å². The minimum atomic E-state index is 0.489. The number of nitrogens with one attached hydrogen (secondary N) is 1. The molecule has 0 bridgehead atoms. The van der Waals surface area contributed by atoms with Crippen molar-refractivity contribution in [2.24, 2.45) is 0 Å². The normalized spacial score (nSPS) is 14.5. The molecular weight excluding hydrogens is 262 g/mol. The third-order valence-electron chi connectivity index (χ3n) is 3.28. The van der Waals surface area contributed by atoms with Gasteiger partial charge in [-0.25, -0.2) is 0 Å². The lowest BCUT2D eigenvalue weighted by atomic mass is 10.2. The first-order chi connectivity index (χ1) is 10.4. The number of hydrogen-bond acceptors (Lipinski definition) is 4. The van der Waals surface area contributed by atoms with Gasteiger partial charge in [0.05, 0.1) is 5.69 Å². The van der Waals surface area contributed by atoms with Crippen LogP contribution in [0.1, 0.15) is 24.1 Å². The van der Waals surface area contributed by atoms with Crippen LogP contribution < -0.4 is 10.1 Å². The van der Waals surface area contributed by atoms with Gasteiger partial charge in [-0.05, 0) is 30.5 Å². The fraction of sp³-hybridized carbons (Fsp3) is 0.294.